The molecule has 2 rings (SSSR count). The number of esters is 1. The number of carbonyl (C=O) groups is 4. The molecule has 6 heteroatoms. The van der Waals surface area contributed by atoms with Crippen molar-refractivity contribution in [3.8, 4) is 0 Å². The zero-order chi connectivity index (χ0) is 20.5. The monoisotopic (exact) mass is 381 g/mol. The van der Waals surface area contributed by atoms with Crippen molar-refractivity contribution < 1.29 is 23.9 Å². The van der Waals surface area contributed by atoms with Crippen LogP contribution in [0.1, 0.15) is 57.8 Å². The van der Waals surface area contributed by atoms with Crippen molar-refractivity contribution in [2.75, 3.05) is 6.61 Å². The van der Waals surface area contributed by atoms with Gasteiger partial charge in [-0.1, -0.05) is 55.8 Å². The maximum absolute atomic E-state index is 12.3. The van der Waals surface area contributed by atoms with Crippen molar-refractivity contribution >= 4 is 23.4 Å². The summed E-state index contributed by atoms with van der Waals surface area (Å²) in [5.41, 5.74) is 0.675. The molecule has 2 aromatic carbocycles. The topological polar surface area (TPSA) is 89.5 Å². The fourth-order valence-corrected chi connectivity index (χ4v) is 2.65. The normalized spacial score (nSPS) is 11.4. The Morgan fingerprint density at radius 2 is 1.39 bits per heavy atom. The molecule has 6 nitrogen and oxygen atoms in total. The Morgan fingerprint density at radius 1 is 0.857 bits per heavy atom. The molecular formula is C22H23NO5. The van der Waals surface area contributed by atoms with Crippen LogP contribution in [-0.2, 0) is 9.53 Å². The molecule has 1 amide bonds. The van der Waals surface area contributed by atoms with Gasteiger partial charge in [-0.15, -0.1) is 0 Å². The minimum Gasteiger partial charge on any atom is -0.452 e. The van der Waals surface area contributed by atoms with Crippen molar-refractivity contribution in [2.24, 2.45) is 0 Å². The lowest BCUT2D eigenvalue weighted by Gasteiger charge is -2.12. The van der Waals surface area contributed by atoms with Crippen molar-refractivity contribution in [1.29, 1.82) is 0 Å². The molecule has 1 N–H and O–H groups in total. The van der Waals surface area contributed by atoms with Gasteiger partial charge < -0.3 is 10.1 Å². The summed E-state index contributed by atoms with van der Waals surface area (Å²) in [5, 5.41) is 2.74. The molecule has 0 radical (unpaired) electrons. The van der Waals surface area contributed by atoms with Crippen LogP contribution in [-0.4, -0.2) is 36.1 Å². The van der Waals surface area contributed by atoms with Gasteiger partial charge >= 0.3 is 5.97 Å². The lowest BCUT2D eigenvalue weighted by Crippen LogP contribution is -2.35. The van der Waals surface area contributed by atoms with E-state index in [2.05, 4.69) is 5.32 Å². The van der Waals surface area contributed by atoms with Crippen molar-refractivity contribution in [3.05, 3.63) is 71.3 Å². The molecule has 0 heterocycles. The lowest BCUT2D eigenvalue weighted by molar-refractivity contribution is -0.124. The molecule has 0 saturated carbocycles. The molecule has 0 bridgehead atoms. The molecule has 0 unspecified atom stereocenters. The predicted octanol–water partition coefficient (Wildman–Crippen LogP) is 3.21. The van der Waals surface area contributed by atoms with Crippen molar-refractivity contribution in [2.45, 2.75) is 32.7 Å². The Hall–Kier alpha value is -3.28. The number of hydrogen-bond donors (Lipinski definition) is 1. The van der Waals surface area contributed by atoms with Gasteiger partial charge in [0, 0.05) is 17.2 Å². The summed E-state index contributed by atoms with van der Waals surface area (Å²) in [4.78, 5) is 48.3. The minimum atomic E-state index is -0.674. The molecule has 0 aliphatic carbocycles. The number of ether oxygens (including phenoxy) is 1. The zero-order valence-electron chi connectivity index (χ0n) is 15.9. The number of nitrogens with one attached hydrogen (secondary N) is 1. The molecule has 2 aromatic rings. The van der Waals surface area contributed by atoms with E-state index in [1.165, 1.54) is 24.3 Å². The number of rotatable bonds is 9. The second-order valence-electron chi connectivity index (χ2n) is 6.43. The summed E-state index contributed by atoms with van der Waals surface area (Å²) in [6.07, 6.45) is 1.79. The molecule has 0 aliphatic heterocycles. The number of ketones is 2. The van der Waals surface area contributed by atoms with Crippen LogP contribution in [0.2, 0.25) is 0 Å². The fraction of sp³-hybridized carbons (Fsp3) is 0.273. The molecule has 146 valence electrons. The fourth-order valence-electron chi connectivity index (χ4n) is 2.65. The van der Waals surface area contributed by atoms with E-state index in [1.54, 1.807) is 30.3 Å². The first kappa shape index (κ1) is 21.0. The van der Waals surface area contributed by atoms with Crippen LogP contribution in [0.4, 0.5) is 0 Å². The molecule has 0 aliphatic rings. The third kappa shape index (κ3) is 5.87. The average molecular weight is 381 g/mol. The summed E-state index contributed by atoms with van der Waals surface area (Å²) in [7, 11) is 0. The Labute approximate surface area is 163 Å². The molecule has 28 heavy (non-hydrogen) atoms. The molecule has 0 aromatic heterocycles. The van der Waals surface area contributed by atoms with Gasteiger partial charge in [0.1, 0.15) is 0 Å². The van der Waals surface area contributed by atoms with E-state index in [9.17, 15) is 19.2 Å². The third-order valence-corrected chi connectivity index (χ3v) is 4.09. The van der Waals surface area contributed by atoms with Crippen LogP contribution in [0.5, 0.6) is 0 Å². The van der Waals surface area contributed by atoms with Gasteiger partial charge in [-0.25, -0.2) is 4.79 Å². The van der Waals surface area contributed by atoms with Crippen LogP contribution in [0.25, 0.3) is 0 Å². The average Bonchev–Trinajstić information content (AvgIpc) is 2.71. The Bertz CT molecular complexity index is 843. The first-order valence-electron chi connectivity index (χ1n) is 9.13. The quantitative estimate of drug-likeness (QED) is 0.409. The zero-order valence-corrected chi connectivity index (χ0v) is 15.9. The Morgan fingerprint density at radius 3 is 1.96 bits per heavy atom. The van der Waals surface area contributed by atoms with E-state index >= 15 is 0 Å². The predicted molar refractivity (Wildman–Crippen MR) is 104 cm³/mol. The van der Waals surface area contributed by atoms with E-state index in [1.807, 2.05) is 13.8 Å². The molecule has 0 spiro atoms. The van der Waals surface area contributed by atoms with Gasteiger partial charge in [0.25, 0.3) is 5.91 Å². The Balaban J connectivity index is 1.92. The van der Waals surface area contributed by atoms with Crippen LogP contribution in [0.3, 0.4) is 0 Å². The van der Waals surface area contributed by atoms with Crippen LogP contribution in [0.15, 0.2) is 54.6 Å². The molecule has 0 fully saturated rings. The van der Waals surface area contributed by atoms with E-state index in [0.29, 0.717) is 5.56 Å². The van der Waals surface area contributed by atoms with E-state index in [4.69, 9.17) is 4.74 Å². The largest absolute Gasteiger partial charge is 0.452 e. The maximum atomic E-state index is 12.3. The SMILES string of the molecule is CCC[C@@H](C)NC(=O)COC(=O)c1ccc(C(=O)C(=O)c2ccccc2)cc1. The number of carbonyl (C=O) groups excluding carboxylic acids is 4. The number of amides is 1. The molecule has 0 saturated heterocycles. The third-order valence-electron chi connectivity index (χ3n) is 4.09. The van der Waals surface area contributed by atoms with Gasteiger partial charge in [0.2, 0.25) is 11.6 Å². The summed E-state index contributed by atoms with van der Waals surface area (Å²) < 4.78 is 4.98. The second kappa shape index (κ2) is 10.2. The molecular weight excluding hydrogens is 358 g/mol. The van der Waals surface area contributed by atoms with Gasteiger partial charge in [-0.2, -0.15) is 0 Å². The number of Topliss-reactive ketones (excluding diaryl/α,β-unsaturated/α-hetero) is 2. The summed E-state index contributed by atoms with van der Waals surface area (Å²) in [6, 6.07) is 13.8. The molecule has 1 atom stereocenters. The van der Waals surface area contributed by atoms with Gasteiger partial charge in [-0.05, 0) is 25.5 Å². The summed E-state index contributed by atoms with van der Waals surface area (Å²) >= 11 is 0. The maximum Gasteiger partial charge on any atom is 0.338 e. The minimum absolute atomic E-state index is 0.0173. The standard InChI is InChI=1S/C22H23NO5/c1-3-7-15(2)23-19(24)14-28-22(27)18-12-10-17(11-13-18)21(26)20(25)16-8-5-4-6-9-16/h4-6,8-13,15H,3,7,14H2,1-2H3,(H,23,24)/t15-/m1/s1. The smallest absolute Gasteiger partial charge is 0.338 e. The van der Waals surface area contributed by atoms with Crippen LogP contribution >= 0.6 is 0 Å². The van der Waals surface area contributed by atoms with Crippen molar-refractivity contribution in [3.63, 3.8) is 0 Å². The van der Waals surface area contributed by atoms with Crippen LogP contribution < -0.4 is 5.32 Å². The first-order chi connectivity index (χ1) is 13.4. The first-order valence-corrected chi connectivity index (χ1v) is 9.13. The lowest BCUT2D eigenvalue weighted by atomic mass is 10.0. The Kier molecular flexibility index (Phi) is 7.63. The van der Waals surface area contributed by atoms with Gasteiger partial charge in [0.05, 0.1) is 5.56 Å². The van der Waals surface area contributed by atoms with Gasteiger partial charge in [0.15, 0.2) is 6.61 Å². The van der Waals surface area contributed by atoms with E-state index in [0.717, 1.165) is 12.8 Å². The van der Waals surface area contributed by atoms with E-state index < -0.39 is 17.5 Å². The highest BCUT2D eigenvalue weighted by Gasteiger charge is 2.19. The number of benzene rings is 2. The van der Waals surface area contributed by atoms with Crippen molar-refractivity contribution in [1.82, 2.24) is 5.32 Å². The highest BCUT2D eigenvalue weighted by Crippen LogP contribution is 2.11. The summed E-state index contributed by atoms with van der Waals surface area (Å²) in [5.74, 6) is -2.31. The van der Waals surface area contributed by atoms with Gasteiger partial charge in [-0.3, -0.25) is 14.4 Å². The number of hydrogen-bond acceptors (Lipinski definition) is 5. The highest BCUT2D eigenvalue weighted by atomic mass is 16.5. The summed E-state index contributed by atoms with van der Waals surface area (Å²) in [6.45, 7) is 3.53. The van der Waals surface area contributed by atoms with E-state index in [-0.39, 0.29) is 29.7 Å². The van der Waals surface area contributed by atoms with Crippen LogP contribution in [0, 0.1) is 0 Å². The second-order valence-corrected chi connectivity index (χ2v) is 6.43. The highest BCUT2D eigenvalue weighted by molar-refractivity contribution is 6.49.